The Kier molecular flexibility index (Phi) is 6.23. The molecule has 0 aromatic rings. The van der Waals surface area contributed by atoms with Crippen LogP contribution >= 0.6 is 0 Å². The summed E-state index contributed by atoms with van der Waals surface area (Å²) in [5.74, 6) is -1.15. The summed E-state index contributed by atoms with van der Waals surface area (Å²) in [7, 11) is 1.39. The molecule has 1 aliphatic heterocycles. The average Bonchev–Trinajstić information content (AvgIpc) is 2.42. The van der Waals surface area contributed by atoms with E-state index in [1.807, 2.05) is 6.92 Å². The van der Waals surface area contributed by atoms with E-state index in [2.05, 4.69) is 10.6 Å². The summed E-state index contributed by atoms with van der Waals surface area (Å²) >= 11 is 0. The number of amides is 3. The van der Waals surface area contributed by atoms with Crippen molar-refractivity contribution in [3.63, 3.8) is 0 Å². The molecule has 0 aromatic carbocycles. The van der Waals surface area contributed by atoms with Gasteiger partial charge in [-0.15, -0.1) is 0 Å². The maximum atomic E-state index is 12.1. The van der Waals surface area contributed by atoms with Crippen molar-refractivity contribution in [1.82, 2.24) is 15.5 Å². The molecule has 0 radical (unpaired) electrons. The number of nitrogens with zero attached hydrogens (tertiary/aromatic N) is 1. The minimum atomic E-state index is -0.991. The van der Waals surface area contributed by atoms with Gasteiger partial charge in [-0.05, 0) is 6.42 Å². The van der Waals surface area contributed by atoms with Crippen LogP contribution in [0.4, 0.5) is 4.79 Å². The average molecular weight is 287 g/mol. The van der Waals surface area contributed by atoms with Crippen LogP contribution in [0.25, 0.3) is 0 Å². The van der Waals surface area contributed by atoms with E-state index >= 15 is 0 Å². The number of rotatable bonds is 6. The van der Waals surface area contributed by atoms with Crippen molar-refractivity contribution in [2.45, 2.75) is 31.9 Å². The molecule has 8 heteroatoms. The van der Waals surface area contributed by atoms with Crippen LogP contribution in [0.3, 0.4) is 0 Å². The first-order valence-corrected chi connectivity index (χ1v) is 6.56. The maximum Gasteiger partial charge on any atom is 0.318 e. The van der Waals surface area contributed by atoms with Crippen LogP contribution < -0.4 is 10.6 Å². The van der Waals surface area contributed by atoms with E-state index in [4.69, 9.17) is 9.84 Å². The predicted molar refractivity (Wildman–Crippen MR) is 70.2 cm³/mol. The Morgan fingerprint density at radius 1 is 1.60 bits per heavy atom. The molecule has 2 unspecified atom stereocenters. The number of aliphatic carboxylic acids is 1. The van der Waals surface area contributed by atoms with Crippen molar-refractivity contribution in [3.8, 4) is 0 Å². The molecule has 0 aromatic heterocycles. The molecule has 2 atom stereocenters. The van der Waals surface area contributed by atoms with Gasteiger partial charge in [0.15, 0.2) is 0 Å². The monoisotopic (exact) mass is 287 g/mol. The summed E-state index contributed by atoms with van der Waals surface area (Å²) < 4.78 is 4.98. The van der Waals surface area contributed by atoms with E-state index in [0.717, 1.165) is 0 Å². The fourth-order valence-corrected chi connectivity index (χ4v) is 2.10. The fraction of sp³-hybridized carbons (Fsp3) is 0.750. The molecule has 20 heavy (non-hydrogen) atoms. The SMILES string of the molecule is CCC1C(=O)NCCN1C(=O)NCC(CC(=O)O)OC. The van der Waals surface area contributed by atoms with Gasteiger partial charge in [-0.25, -0.2) is 4.79 Å². The molecule has 1 aliphatic rings. The van der Waals surface area contributed by atoms with E-state index < -0.39 is 18.1 Å². The summed E-state index contributed by atoms with van der Waals surface area (Å²) in [6.07, 6.45) is -0.244. The Labute approximate surface area is 117 Å². The molecule has 114 valence electrons. The second kappa shape index (κ2) is 7.68. The minimum absolute atomic E-state index is 0.0934. The molecular weight excluding hydrogens is 266 g/mol. The van der Waals surface area contributed by atoms with Crippen molar-refractivity contribution in [2.75, 3.05) is 26.7 Å². The van der Waals surface area contributed by atoms with Gasteiger partial charge in [0.2, 0.25) is 5.91 Å². The molecule has 1 heterocycles. The number of carboxylic acid groups (broad SMARTS) is 1. The maximum absolute atomic E-state index is 12.1. The Bertz CT molecular complexity index is 374. The molecule has 0 bridgehead atoms. The van der Waals surface area contributed by atoms with Gasteiger partial charge in [-0.2, -0.15) is 0 Å². The fourth-order valence-electron chi connectivity index (χ4n) is 2.10. The van der Waals surface area contributed by atoms with E-state index in [-0.39, 0.29) is 24.9 Å². The van der Waals surface area contributed by atoms with Gasteiger partial charge in [-0.1, -0.05) is 6.92 Å². The summed E-state index contributed by atoms with van der Waals surface area (Å²) in [6, 6.07) is -0.858. The van der Waals surface area contributed by atoms with Crippen LogP contribution in [-0.2, 0) is 14.3 Å². The number of piperazine rings is 1. The number of carbonyl (C=O) groups is 3. The van der Waals surface area contributed by atoms with Gasteiger partial charge in [0.1, 0.15) is 6.04 Å². The zero-order chi connectivity index (χ0) is 15.1. The molecule has 1 rings (SSSR count). The molecule has 3 N–H and O–H groups in total. The third kappa shape index (κ3) is 4.37. The second-order valence-corrected chi connectivity index (χ2v) is 4.55. The summed E-state index contributed by atoms with van der Waals surface area (Å²) in [6.45, 7) is 2.78. The Hall–Kier alpha value is -1.83. The smallest absolute Gasteiger partial charge is 0.318 e. The molecule has 1 saturated heterocycles. The number of hydrogen-bond donors (Lipinski definition) is 3. The Morgan fingerprint density at radius 2 is 2.30 bits per heavy atom. The summed E-state index contributed by atoms with van der Waals surface area (Å²) in [5.41, 5.74) is 0. The number of carboxylic acids is 1. The molecule has 8 nitrogen and oxygen atoms in total. The minimum Gasteiger partial charge on any atom is -0.481 e. The van der Waals surface area contributed by atoms with Gasteiger partial charge in [-0.3, -0.25) is 9.59 Å². The Morgan fingerprint density at radius 3 is 2.85 bits per heavy atom. The van der Waals surface area contributed by atoms with Crippen LogP contribution in [0.5, 0.6) is 0 Å². The predicted octanol–water partition coefficient (Wildman–Crippen LogP) is -0.604. The molecule has 3 amide bonds. The van der Waals surface area contributed by atoms with Crippen LogP contribution in [0.1, 0.15) is 19.8 Å². The number of carbonyl (C=O) groups excluding carboxylic acids is 2. The van der Waals surface area contributed by atoms with Crippen LogP contribution in [0.2, 0.25) is 0 Å². The van der Waals surface area contributed by atoms with E-state index in [0.29, 0.717) is 19.5 Å². The van der Waals surface area contributed by atoms with Gasteiger partial charge in [0.05, 0.1) is 12.5 Å². The first kappa shape index (κ1) is 16.2. The highest BCUT2D eigenvalue weighted by Gasteiger charge is 2.31. The zero-order valence-corrected chi connectivity index (χ0v) is 11.7. The van der Waals surface area contributed by atoms with Gasteiger partial charge < -0.3 is 25.4 Å². The summed E-state index contributed by atoms with van der Waals surface area (Å²) in [4.78, 5) is 35.8. The number of hydrogen-bond acceptors (Lipinski definition) is 4. The quantitative estimate of drug-likeness (QED) is 0.604. The lowest BCUT2D eigenvalue weighted by molar-refractivity contribution is -0.139. The standard InChI is InChI=1S/C12H21N3O5/c1-3-9-11(18)13-4-5-15(9)12(19)14-7-8(20-2)6-10(16)17/h8-9H,3-7H2,1-2H3,(H,13,18)(H,14,19)(H,16,17). The third-order valence-corrected chi connectivity index (χ3v) is 3.19. The van der Waals surface area contributed by atoms with E-state index in [1.165, 1.54) is 12.0 Å². The van der Waals surface area contributed by atoms with Crippen molar-refractivity contribution >= 4 is 17.9 Å². The van der Waals surface area contributed by atoms with Crippen molar-refractivity contribution in [1.29, 1.82) is 0 Å². The third-order valence-electron chi connectivity index (χ3n) is 3.19. The largest absolute Gasteiger partial charge is 0.481 e. The van der Waals surface area contributed by atoms with Crippen LogP contribution in [-0.4, -0.2) is 66.8 Å². The first-order valence-electron chi connectivity index (χ1n) is 6.56. The first-order chi connectivity index (χ1) is 9.49. The van der Waals surface area contributed by atoms with Crippen LogP contribution in [0, 0.1) is 0 Å². The summed E-state index contributed by atoms with van der Waals surface area (Å²) in [5, 5.41) is 14.0. The van der Waals surface area contributed by atoms with Crippen LogP contribution in [0.15, 0.2) is 0 Å². The molecule has 0 saturated carbocycles. The highest BCUT2D eigenvalue weighted by atomic mass is 16.5. The molecule has 0 spiro atoms. The molecular formula is C12H21N3O5. The number of methoxy groups -OCH3 is 1. The number of nitrogens with one attached hydrogen (secondary N) is 2. The molecule has 1 fully saturated rings. The van der Waals surface area contributed by atoms with Gasteiger partial charge in [0.25, 0.3) is 0 Å². The van der Waals surface area contributed by atoms with Crippen molar-refractivity contribution < 1.29 is 24.2 Å². The topological polar surface area (TPSA) is 108 Å². The lowest BCUT2D eigenvalue weighted by Crippen LogP contribution is -2.59. The lowest BCUT2D eigenvalue weighted by atomic mass is 10.1. The van der Waals surface area contributed by atoms with E-state index in [9.17, 15) is 14.4 Å². The zero-order valence-electron chi connectivity index (χ0n) is 11.7. The van der Waals surface area contributed by atoms with Gasteiger partial charge in [0, 0.05) is 26.7 Å². The highest BCUT2D eigenvalue weighted by molar-refractivity contribution is 5.88. The Balaban J connectivity index is 2.52. The van der Waals surface area contributed by atoms with Gasteiger partial charge >= 0.3 is 12.0 Å². The molecule has 0 aliphatic carbocycles. The van der Waals surface area contributed by atoms with Crippen molar-refractivity contribution in [3.05, 3.63) is 0 Å². The van der Waals surface area contributed by atoms with E-state index in [1.54, 1.807) is 0 Å². The highest BCUT2D eigenvalue weighted by Crippen LogP contribution is 2.08. The lowest BCUT2D eigenvalue weighted by Gasteiger charge is -2.34. The number of urea groups is 1. The number of ether oxygens (including phenoxy) is 1. The second-order valence-electron chi connectivity index (χ2n) is 4.55. The van der Waals surface area contributed by atoms with Crippen molar-refractivity contribution in [2.24, 2.45) is 0 Å². The normalized spacial score (nSPS) is 20.2.